The van der Waals surface area contributed by atoms with E-state index in [1.807, 2.05) is 0 Å². The number of hydroxylamine groups is 1. The smallest absolute Gasteiger partial charge is 0.246 e. The fourth-order valence-electron chi connectivity index (χ4n) is 1.64. The maximum Gasteiger partial charge on any atom is 0.246 e. The number of rotatable bonds is 0. The van der Waals surface area contributed by atoms with Gasteiger partial charge in [0, 0.05) is 0 Å². The van der Waals surface area contributed by atoms with Crippen LogP contribution in [0.15, 0.2) is 0 Å². The highest BCUT2D eigenvalue weighted by Gasteiger charge is 2.49. The molecule has 0 aliphatic carbocycles. The summed E-state index contributed by atoms with van der Waals surface area (Å²) >= 11 is 0. The Bertz CT molecular complexity index is 322. The van der Waals surface area contributed by atoms with E-state index in [1.54, 1.807) is 0 Å². The van der Waals surface area contributed by atoms with E-state index in [-0.39, 0.29) is 23.8 Å². The molecule has 0 aromatic heterocycles. The van der Waals surface area contributed by atoms with Crippen molar-refractivity contribution >= 4 is 15.7 Å². The van der Waals surface area contributed by atoms with E-state index in [4.69, 9.17) is 4.84 Å². The van der Waals surface area contributed by atoms with Crippen molar-refractivity contribution in [3.8, 4) is 0 Å². The molecule has 0 bridgehead atoms. The molecule has 2 saturated heterocycles. The number of carbonyl (C=O) groups excluding carboxylic acids is 1. The molecule has 0 aromatic rings. The summed E-state index contributed by atoms with van der Waals surface area (Å²) < 4.78 is 22.2. The number of hydrogen-bond acceptors (Lipinski definition) is 4. The summed E-state index contributed by atoms with van der Waals surface area (Å²) in [5.41, 5.74) is 1.43. The molecule has 2 aliphatic rings. The summed E-state index contributed by atoms with van der Waals surface area (Å²) in [6.07, 6.45) is 0.598. The summed E-state index contributed by atoms with van der Waals surface area (Å²) in [6, 6.07) is 0. The average Bonchev–Trinajstić information content (AvgIpc) is 2.41. The summed E-state index contributed by atoms with van der Waals surface area (Å²) in [6.45, 7) is 0. The number of sulfone groups is 1. The van der Waals surface area contributed by atoms with Gasteiger partial charge in [-0.3, -0.25) is 9.63 Å². The Kier molecular flexibility index (Phi) is 1.47. The molecule has 2 aliphatic heterocycles. The van der Waals surface area contributed by atoms with Crippen molar-refractivity contribution in [1.29, 1.82) is 0 Å². The van der Waals surface area contributed by atoms with Gasteiger partial charge in [-0.2, -0.15) is 0 Å². The third-order valence-electron chi connectivity index (χ3n) is 2.22. The Morgan fingerprint density at radius 1 is 1.50 bits per heavy atom. The lowest BCUT2D eigenvalue weighted by molar-refractivity contribution is -0.125. The lowest BCUT2D eigenvalue weighted by Crippen LogP contribution is -2.30. The molecule has 0 saturated carbocycles. The van der Waals surface area contributed by atoms with Crippen LogP contribution in [0.4, 0.5) is 0 Å². The van der Waals surface area contributed by atoms with Crippen LogP contribution in [0.2, 0.25) is 0 Å². The van der Waals surface area contributed by atoms with E-state index in [1.165, 1.54) is 0 Å². The predicted octanol–water partition coefficient (Wildman–Crippen LogP) is -1.00. The van der Waals surface area contributed by atoms with Crippen molar-refractivity contribution in [1.82, 2.24) is 5.48 Å². The van der Waals surface area contributed by atoms with Gasteiger partial charge >= 0.3 is 0 Å². The summed E-state index contributed by atoms with van der Waals surface area (Å²) in [7, 11) is -2.98. The normalized spacial score (nSPS) is 38.8. The largest absolute Gasteiger partial charge is 0.273 e. The molecule has 2 heterocycles. The lowest BCUT2D eigenvalue weighted by atomic mass is 10.0. The minimum Gasteiger partial charge on any atom is -0.273 e. The second-order valence-electron chi connectivity index (χ2n) is 3.33. The highest BCUT2D eigenvalue weighted by Crippen LogP contribution is 2.32. The average molecular weight is 191 g/mol. The van der Waals surface area contributed by atoms with Gasteiger partial charge in [-0.1, -0.05) is 0 Å². The molecule has 12 heavy (non-hydrogen) atoms. The number of amides is 1. The first-order chi connectivity index (χ1) is 5.52. The molecule has 2 fully saturated rings. The highest BCUT2D eigenvalue weighted by atomic mass is 32.2. The van der Waals surface area contributed by atoms with Crippen molar-refractivity contribution < 1.29 is 18.0 Å². The van der Waals surface area contributed by atoms with E-state index >= 15 is 0 Å². The minimum absolute atomic E-state index is 0.0290. The molecular weight excluding hydrogens is 182 g/mol. The van der Waals surface area contributed by atoms with E-state index < -0.39 is 15.4 Å². The molecule has 68 valence electrons. The van der Waals surface area contributed by atoms with Gasteiger partial charge in [-0.15, -0.1) is 0 Å². The molecular formula is C6H9NO4S. The van der Waals surface area contributed by atoms with Crippen LogP contribution in [-0.4, -0.2) is 31.4 Å². The molecule has 5 nitrogen and oxygen atoms in total. The topological polar surface area (TPSA) is 72.5 Å². The molecule has 1 N–H and O–H groups in total. The van der Waals surface area contributed by atoms with Crippen LogP contribution in [0.3, 0.4) is 0 Å². The maximum absolute atomic E-state index is 11.1. The van der Waals surface area contributed by atoms with Crippen LogP contribution < -0.4 is 5.48 Å². The molecule has 0 aromatic carbocycles. The van der Waals surface area contributed by atoms with Gasteiger partial charge < -0.3 is 0 Å². The first kappa shape index (κ1) is 8.00. The second-order valence-corrected chi connectivity index (χ2v) is 5.51. The molecule has 1 spiro atoms. The lowest BCUT2D eigenvalue weighted by Gasteiger charge is -2.15. The van der Waals surface area contributed by atoms with E-state index in [0.717, 1.165) is 0 Å². The molecule has 6 heteroatoms. The van der Waals surface area contributed by atoms with Crippen LogP contribution in [-0.2, 0) is 19.5 Å². The number of hydrogen-bond donors (Lipinski definition) is 1. The fourth-order valence-corrected chi connectivity index (χ4v) is 3.57. The summed E-state index contributed by atoms with van der Waals surface area (Å²) in [4.78, 5) is 15.8. The van der Waals surface area contributed by atoms with Crippen LogP contribution in [0.5, 0.6) is 0 Å². The zero-order chi connectivity index (χ0) is 8.82. The molecule has 1 amide bonds. The van der Waals surface area contributed by atoms with Gasteiger partial charge in [0.05, 0.1) is 17.9 Å². The SMILES string of the molecule is O=C1CC2(CCS(=O)(=O)C2)ON1. The van der Waals surface area contributed by atoms with E-state index in [2.05, 4.69) is 5.48 Å². The van der Waals surface area contributed by atoms with Crippen LogP contribution in [0.25, 0.3) is 0 Å². The molecule has 1 unspecified atom stereocenters. The van der Waals surface area contributed by atoms with Crippen molar-refractivity contribution in [3.05, 3.63) is 0 Å². The second kappa shape index (κ2) is 2.20. The first-order valence-corrected chi connectivity index (χ1v) is 5.51. The first-order valence-electron chi connectivity index (χ1n) is 3.69. The van der Waals surface area contributed by atoms with E-state index in [0.29, 0.717) is 6.42 Å². The fraction of sp³-hybridized carbons (Fsp3) is 0.833. The zero-order valence-corrected chi connectivity index (χ0v) is 7.19. The van der Waals surface area contributed by atoms with Crippen molar-refractivity contribution in [3.63, 3.8) is 0 Å². The molecule has 1 atom stereocenters. The van der Waals surface area contributed by atoms with Crippen LogP contribution >= 0.6 is 0 Å². The quantitative estimate of drug-likeness (QED) is 0.532. The third kappa shape index (κ3) is 1.21. The standard InChI is InChI=1S/C6H9NO4S/c8-5-3-6(11-7-5)1-2-12(9,10)4-6/h1-4H2,(H,7,8). The maximum atomic E-state index is 11.1. The van der Waals surface area contributed by atoms with Crippen molar-refractivity contribution in [2.24, 2.45) is 0 Å². The van der Waals surface area contributed by atoms with Gasteiger partial charge in [0.2, 0.25) is 5.91 Å². The minimum atomic E-state index is -2.98. The van der Waals surface area contributed by atoms with Gasteiger partial charge in [-0.25, -0.2) is 13.9 Å². The van der Waals surface area contributed by atoms with Gasteiger partial charge in [0.15, 0.2) is 9.84 Å². The highest BCUT2D eigenvalue weighted by molar-refractivity contribution is 7.91. The van der Waals surface area contributed by atoms with Gasteiger partial charge in [0.1, 0.15) is 5.60 Å². The summed E-state index contributed by atoms with van der Waals surface area (Å²) in [5.74, 6) is -0.132. The Labute approximate surface area is 70.0 Å². The molecule has 2 rings (SSSR count). The van der Waals surface area contributed by atoms with E-state index in [9.17, 15) is 13.2 Å². The van der Waals surface area contributed by atoms with Crippen LogP contribution in [0.1, 0.15) is 12.8 Å². The van der Waals surface area contributed by atoms with Gasteiger partial charge in [-0.05, 0) is 6.42 Å². The zero-order valence-electron chi connectivity index (χ0n) is 6.37. The van der Waals surface area contributed by atoms with Crippen molar-refractivity contribution in [2.75, 3.05) is 11.5 Å². The Balaban J connectivity index is 2.22. The Morgan fingerprint density at radius 2 is 2.25 bits per heavy atom. The third-order valence-corrected chi connectivity index (χ3v) is 4.01. The van der Waals surface area contributed by atoms with Gasteiger partial charge in [0.25, 0.3) is 0 Å². The summed E-state index contributed by atoms with van der Waals surface area (Å²) in [5, 5.41) is 0. The molecule has 0 radical (unpaired) electrons. The monoisotopic (exact) mass is 191 g/mol. The number of nitrogens with one attached hydrogen (secondary N) is 1. The number of carbonyl (C=O) groups is 1. The van der Waals surface area contributed by atoms with Crippen molar-refractivity contribution in [2.45, 2.75) is 18.4 Å². The Morgan fingerprint density at radius 3 is 2.67 bits per heavy atom. The van der Waals surface area contributed by atoms with Crippen LogP contribution in [0, 0.1) is 0 Å². The Hall–Kier alpha value is -0.620. The predicted molar refractivity (Wildman–Crippen MR) is 39.8 cm³/mol.